The summed E-state index contributed by atoms with van der Waals surface area (Å²) in [4.78, 5) is 11.7. The number of likely N-dealkylation sites (N-methyl/N-ethyl adjacent to an activating group) is 1. The molecule has 3 atom stereocenters. The van der Waals surface area contributed by atoms with Crippen LogP contribution >= 0.6 is 0 Å². The number of phenols is 1. The monoisotopic (exact) mass is 315 g/mol. The smallest absolute Gasteiger partial charge is 0.252 e. The van der Waals surface area contributed by atoms with Crippen molar-refractivity contribution < 1.29 is 14.4 Å². The van der Waals surface area contributed by atoms with Crippen LogP contribution in [0.2, 0.25) is 0 Å². The van der Waals surface area contributed by atoms with Crippen LogP contribution in [0.4, 0.5) is 0 Å². The summed E-state index contributed by atoms with van der Waals surface area (Å²) < 4.78 is 1.07. The second-order valence-corrected chi connectivity index (χ2v) is 8.39. The van der Waals surface area contributed by atoms with E-state index >= 15 is 0 Å². The number of nitrogens with two attached hydrogens (primary N) is 1. The quantitative estimate of drug-likeness (QED) is 0.781. The molecule has 3 N–H and O–H groups in total. The maximum atomic E-state index is 11.7. The lowest BCUT2D eigenvalue weighted by molar-refractivity contribution is -0.927. The molecular formula is C19H27N2O2+. The van der Waals surface area contributed by atoms with Crippen LogP contribution in [0.3, 0.4) is 0 Å². The number of fused-ring (bicyclic) bond motifs is 1. The topological polar surface area (TPSA) is 63.3 Å². The summed E-state index contributed by atoms with van der Waals surface area (Å²) in [6, 6.07) is 4.38. The summed E-state index contributed by atoms with van der Waals surface area (Å²) in [6.45, 7) is 1.14. The van der Waals surface area contributed by atoms with Gasteiger partial charge in [-0.3, -0.25) is 4.79 Å². The normalized spacial score (nSPS) is 34.3. The first-order valence-corrected chi connectivity index (χ1v) is 8.85. The maximum Gasteiger partial charge on any atom is 0.252 e. The van der Waals surface area contributed by atoms with Gasteiger partial charge in [0.05, 0.1) is 32.2 Å². The maximum absolute atomic E-state index is 11.7. The fourth-order valence-electron chi connectivity index (χ4n) is 5.89. The third kappa shape index (κ3) is 1.90. The number of benzene rings is 1. The second kappa shape index (κ2) is 4.73. The summed E-state index contributed by atoms with van der Waals surface area (Å²) in [5.41, 5.74) is 8.13. The first-order valence-electron chi connectivity index (χ1n) is 8.85. The van der Waals surface area contributed by atoms with Crippen molar-refractivity contribution in [1.82, 2.24) is 0 Å². The largest absolute Gasteiger partial charge is 0.507 e. The van der Waals surface area contributed by atoms with Crippen LogP contribution in [0.25, 0.3) is 0 Å². The van der Waals surface area contributed by atoms with Crippen LogP contribution in [0.5, 0.6) is 5.75 Å². The molecule has 23 heavy (non-hydrogen) atoms. The molecule has 1 aliphatic heterocycles. The van der Waals surface area contributed by atoms with E-state index in [1.165, 1.54) is 24.8 Å². The Balaban J connectivity index is 1.96. The molecule has 1 heterocycles. The zero-order valence-electron chi connectivity index (χ0n) is 14.1. The van der Waals surface area contributed by atoms with E-state index in [2.05, 4.69) is 14.1 Å². The van der Waals surface area contributed by atoms with Gasteiger partial charge < -0.3 is 15.3 Å². The van der Waals surface area contributed by atoms with Crippen molar-refractivity contribution in [1.29, 1.82) is 0 Å². The minimum absolute atomic E-state index is 0.0554. The number of aromatic hydroxyl groups is 1. The number of carbonyl (C=O) groups excluding carboxylic acids is 1. The van der Waals surface area contributed by atoms with E-state index in [1.807, 2.05) is 6.07 Å². The van der Waals surface area contributed by atoms with Gasteiger partial charge in [-0.05, 0) is 24.5 Å². The third-order valence-electron chi connectivity index (χ3n) is 7.05. The Morgan fingerprint density at radius 1 is 1.30 bits per heavy atom. The van der Waals surface area contributed by atoms with E-state index in [0.29, 0.717) is 17.5 Å². The number of amides is 1. The molecule has 0 aromatic heterocycles. The predicted octanol–water partition coefficient (Wildman–Crippen LogP) is 2.32. The van der Waals surface area contributed by atoms with Gasteiger partial charge in [0, 0.05) is 29.7 Å². The molecule has 1 amide bonds. The number of piperidine rings is 1. The molecular weight excluding hydrogens is 288 g/mol. The Hall–Kier alpha value is -1.55. The average molecular weight is 315 g/mol. The summed E-state index contributed by atoms with van der Waals surface area (Å²) in [5.74, 6) is 0.261. The molecule has 2 bridgehead atoms. The molecule has 0 spiro atoms. The fourth-order valence-corrected chi connectivity index (χ4v) is 5.89. The fraction of sp³-hybridized carbons (Fsp3) is 0.632. The highest BCUT2D eigenvalue weighted by molar-refractivity contribution is 5.96. The Bertz CT molecular complexity index is 682. The van der Waals surface area contributed by atoms with Crippen LogP contribution in [-0.4, -0.2) is 42.2 Å². The van der Waals surface area contributed by atoms with E-state index in [4.69, 9.17) is 5.73 Å². The summed E-state index contributed by atoms with van der Waals surface area (Å²) >= 11 is 0. The molecule has 2 unspecified atom stereocenters. The van der Waals surface area contributed by atoms with Gasteiger partial charge in [-0.25, -0.2) is 0 Å². The molecule has 0 radical (unpaired) electrons. The van der Waals surface area contributed by atoms with Crippen molar-refractivity contribution in [2.24, 2.45) is 11.7 Å². The van der Waals surface area contributed by atoms with Gasteiger partial charge >= 0.3 is 0 Å². The van der Waals surface area contributed by atoms with Gasteiger partial charge in [-0.2, -0.15) is 0 Å². The Kier molecular flexibility index (Phi) is 3.08. The average Bonchev–Trinajstić information content (AvgIpc) is 2.51. The van der Waals surface area contributed by atoms with Gasteiger partial charge in [0.25, 0.3) is 5.91 Å². The van der Waals surface area contributed by atoms with Crippen molar-refractivity contribution >= 4 is 5.91 Å². The van der Waals surface area contributed by atoms with E-state index in [9.17, 15) is 9.90 Å². The zero-order valence-corrected chi connectivity index (χ0v) is 14.1. The third-order valence-corrected chi connectivity index (χ3v) is 7.05. The van der Waals surface area contributed by atoms with Crippen LogP contribution < -0.4 is 5.73 Å². The van der Waals surface area contributed by atoms with Crippen molar-refractivity contribution in [2.75, 3.05) is 20.6 Å². The van der Waals surface area contributed by atoms with E-state index in [-0.39, 0.29) is 11.2 Å². The number of nitrogens with zero attached hydrogens (tertiary/aromatic N) is 1. The molecule has 1 saturated heterocycles. The lowest BCUT2D eigenvalue weighted by Crippen LogP contribution is -2.66. The van der Waals surface area contributed by atoms with Crippen LogP contribution in [0, 0.1) is 5.92 Å². The SMILES string of the molecule is C[N+]1(C)CCC23CCCC[C@H]2C1Cc1ccc(C(N)=O)c(O)c13. The van der Waals surface area contributed by atoms with Crippen molar-refractivity contribution in [3.63, 3.8) is 0 Å². The number of likely N-dealkylation sites (tertiary alicyclic amines) is 1. The summed E-state index contributed by atoms with van der Waals surface area (Å²) in [7, 11) is 4.71. The molecule has 124 valence electrons. The first-order chi connectivity index (χ1) is 10.9. The molecule has 2 aliphatic carbocycles. The molecule has 4 heteroatoms. The molecule has 4 nitrogen and oxygen atoms in total. The Labute approximate surface area is 137 Å². The van der Waals surface area contributed by atoms with E-state index < -0.39 is 5.91 Å². The van der Waals surface area contributed by atoms with Crippen molar-refractivity contribution in [3.05, 3.63) is 28.8 Å². The van der Waals surface area contributed by atoms with Crippen LogP contribution in [-0.2, 0) is 11.8 Å². The number of rotatable bonds is 1. The molecule has 4 rings (SSSR count). The molecule has 1 saturated carbocycles. The number of hydrogen-bond donors (Lipinski definition) is 2. The minimum atomic E-state index is -0.525. The summed E-state index contributed by atoms with van der Waals surface area (Å²) in [5, 5.41) is 10.9. The van der Waals surface area contributed by atoms with Crippen LogP contribution in [0.15, 0.2) is 12.1 Å². The van der Waals surface area contributed by atoms with Crippen LogP contribution in [0.1, 0.15) is 53.6 Å². The van der Waals surface area contributed by atoms with Crippen molar-refractivity contribution in [3.8, 4) is 5.75 Å². The molecule has 3 aliphatic rings. The predicted molar refractivity (Wildman–Crippen MR) is 89.3 cm³/mol. The Morgan fingerprint density at radius 2 is 2.09 bits per heavy atom. The second-order valence-electron chi connectivity index (χ2n) is 8.39. The highest BCUT2D eigenvalue weighted by Gasteiger charge is 2.59. The number of quaternary nitrogens is 1. The lowest BCUT2D eigenvalue weighted by Gasteiger charge is -2.60. The summed E-state index contributed by atoms with van der Waals surface area (Å²) in [6.07, 6.45) is 6.99. The van der Waals surface area contributed by atoms with Gasteiger partial charge in [-0.1, -0.05) is 18.9 Å². The standard InChI is InChI=1S/C19H26N2O2/c1-21(2)10-9-19-8-4-3-5-14(19)15(21)11-12-6-7-13(18(20)23)17(22)16(12)19/h6-7,14-15H,3-5,8-11H2,1-2H3,(H2-,20,22,23)/p+1/t14-,15?,19?/m0/s1. The van der Waals surface area contributed by atoms with Gasteiger partial charge in [-0.15, -0.1) is 0 Å². The van der Waals surface area contributed by atoms with Gasteiger partial charge in [0.1, 0.15) is 5.75 Å². The number of hydrogen-bond acceptors (Lipinski definition) is 2. The number of carbonyl (C=O) groups is 1. The molecule has 1 aromatic rings. The van der Waals surface area contributed by atoms with Gasteiger partial charge in [0.15, 0.2) is 0 Å². The highest BCUT2D eigenvalue weighted by Crippen LogP contribution is 2.59. The van der Waals surface area contributed by atoms with Crippen molar-refractivity contribution in [2.45, 2.75) is 50.0 Å². The zero-order chi connectivity index (χ0) is 16.4. The molecule has 1 aromatic carbocycles. The highest BCUT2D eigenvalue weighted by atomic mass is 16.3. The van der Waals surface area contributed by atoms with Gasteiger partial charge in [0.2, 0.25) is 0 Å². The Morgan fingerprint density at radius 3 is 2.83 bits per heavy atom. The minimum Gasteiger partial charge on any atom is -0.507 e. The first kappa shape index (κ1) is 15.0. The van der Waals surface area contributed by atoms with E-state index in [0.717, 1.165) is 35.9 Å². The lowest BCUT2D eigenvalue weighted by atomic mass is 9.51. The number of primary amides is 1. The molecule has 2 fully saturated rings. The van der Waals surface area contributed by atoms with E-state index in [1.54, 1.807) is 6.07 Å².